The van der Waals surface area contributed by atoms with Gasteiger partial charge in [0.1, 0.15) is 11.9 Å². The van der Waals surface area contributed by atoms with Gasteiger partial charge in [0.25, 0.3) is 5.91 Å². The van der Waals surface area contributed by atoms with Crippen LogP contribution in [-0.2, 0) is 4.74 Å². The largest absolute Gasteiger partial charge is 0.497 e. The lowest BCUT2D eigenvalue weighted by molar-refractivity contribution is 0.0769. The van der Waals surface area contributed by atoms with E-state index in [9.17, 15) is 9.59 Å². The number of carbonyl (C=O) groups excluding carboxylic acids is 2. The van der Waals surface area contributed by atoms with E-state index in [4.69, 9.17) is 9.47 Å². The number of benzene rings is 2. The Morgan fingerprint density at radius 2 is 1.66 bits per heavy atom. The molecule has 0 aliphatic heterocycles. The van der Waals surface area contributed by atoms with Crippen molar-refractivity contribution >= 4 is 17.6 Å². The molecule has 0 fully saturated rings. The van der Waals surface area contributed by atoms with E-state index in [0.29, 0.717) is 17.8 Å². The second kappa shape index (κ2) is 11.1. The molecule has 0 aliphatic carbocycles. The summed E-state index contributed by atoms with van der Waals surface area (Å²) < 4.78 is 10.7. The van der Waals surface area contributed by atoms with Crippen LogP contribution in [0.5, 0.6) is 5.75 Å². The molecular formula is C22H29N3O4. The minimum Gasteiger partial charge on any atom is -0.497 e. The molecule has 2 aromatic rings. The molecule has 29 heavy (non-hydrogen) atoms. The van der Waals surface area contributed by atoms with E-state index >= 15 is 0 Å². The molecule has 0 aliphatic rings. The Bertz CT molecular complexity index is 791. The van der Waals surface area contributed by atoms with E-state index in [1.807, 2.05) is 38.1 Å². The van der Waals surface area contributed by atoms with Crippen LogP contribution in [0, 0.1) is 0 Å². The molecule has 3 amide bonds. The normalized spacial score (nSPS) is 12.6. The summed E-state index contributed by atoms with van der Waals surface area (Å²) in [6.45, 7) is 4.50. The van der Waals surface area contributed by atoms with Gasteiger partial charge in [0, 0.05) is 24.9 Å². The number of hydrogen-bond acceptors (Lipinski definition) is 4. The van der Waals surface area contributed by atoms with E-state index < -0.39 is 0 Å². The highest BCUT2D eigenvalue weighted by atomic mass is 16.5. The third-order valence-electron chi connectivity index (χ3n) is 4.45. The molecular weight excluding hydrogens is 370 g/mol. The molecule has 156 valence electrons. The third kappa shape index (κ3) is 6.50. The highest BCUT2D eigenvalue weighted by Gasteiger charge is 2.21. The Labute approximate surface area is 171 Å². The molecule has 2 rings (SSSR count). The van der Waals surface area contributed by atoms with Crippen LogP contribution in [0.1, 0.15) is 42.3 Å². The number of urea groups is 1. The van der Waals surface area contributed by atoms with Crippen LogP contribution in [0.2, 0.25) is 0 Å². The number of carbonyl (C=O) groups is 2. The molecule has 0 saturated carbocycles. The van der Waals surface area contributed by atoms with E-state index in [1.165, 1.54) is 0 Å². The van der Waals surface area contributed by atoms with Crippen LogP contribution in [0.15, 0.2) is 48.5 Å². The Morgan fingerprint density at radius 3 is 2.21 bits per heavy atom. The van der Waals surface area contributed by atoms with Crippen molar-refractivity contribution in [2.45, 2.75) is 32.4 Å². The summed E-state index contributed by atoms with van der Waals surface area (Å²) in [6.07, 6.45) is 0.569. The first kappa shape index (κ1) is 22.2. The van der Waals surface area contributed by atoms with Gasteiger partial charge in [-0.15, -0.1) is 0 Å². The lowest BCUT2D eigenvalue weighted by Crippen LogP contribution is -2.40. The van der Waals surface area contributed by atoms with Crippen LogP contribution in [0.4, 0.5) is 10.5 Å². The van der Waals surface area contributed by atoms with E-state index in [1.54, 1.807) is 38.5 Å². The Hall–Kier alpha value is -3.06. The molecule has 7 nitrogen and oxygen atoms in total. The summed E-state index contributed by atoms with van der Waals surface area (Å²) in [6, 6.07) is 13.7. The van der Waals surface area contributed by atoms with Crippen LogP contribution in [0.25, 0.3) is 0 Å². The van der Waals surface area contributed by atoms with Crippen molar-refractivity contribution in [3.8, 4) is 5.75 Å². The van der Waals surface area contributed by atoms with Crippen molar-refractivity contribution in [1.29, 1.82) is 0 Å². The SMILES string of the molecule is CCCNC(=O)c1ccc(NC(=O)NC(C)C(OC)c2ccc(OC)cc2)cc1. The topological polar surface area (TPSA) is 88.7 Å². The van der Waals surface area contributed by atoms with Crippen molar-refractivity contribution in [3.05, 3.63) is 59.7 Å². The molecule has 3 N–H and O–H groups in total. The Balaban J connectivity index is 1.93. The molecule has 2 unspecified atom stereocenters. The molecule has 0 spiro atoms. The zero-order chi connectivity index (χ0) is 21.2. The van der Waals surface area contributed by atoms with Gasteiger partial charge in [-0.05, 0) is 55.3 Å². The summed E-state index contributed by atoms with van der Waals surface area (Å²) in [5.74, 6) is 0.632. The maximum Gasteiger partial charge on any atom is 0.319 e. The van der Waals surface area contributed by atoms with Crippen molar-refractivity contribution < 1.29 is 19.1 Å². The average Bonchev–Trinajstić information content (AvgIpc) is 2.73. The third-order valence-corrected chi connectivity index (χ3v) is 4.45. The lowest BCUT2D eigenvalue weighted by Gasteiger charge is -2.24. The molecule has 0 radical (unpaired) electrons. The summed E-state index contributed by atoms with van der Waals surface area (Å²) in [5, 5.41) is 8.48. The molecule has 0 heterocycles. The second-order valence-electron chi connectivity index (χ2n) is 6.65. The number of anilines is 1. The first-order valence-electron chi connectivity index (χ1n) is 9.61. The summed E-state index contributed by atoms with van der Waals surface area (Å²) in [5.41, 5.74) is 2.08. The zero-order valence-electron chi connectivity index (χ0n) is 17.3. The quantitative estimate of drug-likeness (QED) is 0.599. The number of amides is 3. The average molecular weight is 399 g/mol. The second-order valence-corrected chi connectivity index (χ2v) is 6.65. The summed E-state index contributed by atoms with van der Waals surface area (Å²) in [7, 11) is 3.22. The standard InChI is InChI=1S/C22H29N3O4/c1-5-14-23-21(26)17-6-10-18(11-7-17)25-22(27)24-15(2)20(29-4)16-8-12-19(28-3)13-9-16/h6-13,15,20H,5,14H2,1-4H3,(H,23,26)(H2,24,25,27). The number of methoxy groups -OCH3 is 2. The summed E-state index contributed by atoms with van der Waals surface area (Å²) in [4.78, 5) is 24.3. The fraction of sp³-hybridized carbons (Fsp3) is 0.364. The van der Waals surface area contributed by atoms with Gasteiger partial charge < -0.3 is 25.4 Å². The molecule has 7 heteroatoms. The van der Waals surface area contributed by atoms with Crippen molar-refractivity contribution in [2.24, 2.45) is 0 Å². The zero-order valence-corrected chi connectivity index (χ0v) is 17.3. The highest BCUT2D eigenvalue weighted by molar-refractivity contribution is 5.95. The predicted molar refractivity (Wildman–Crippen MR) is 113 cm³/mol. The number of ether oxygens (including phenoxy) is 2. The first-order chi connectivity index (χ1) is 14.0. The van der Waals surface area contributed by atoms with Gasteiger partial charge in [0.15, 0.2) is 0 Å². The monoisotopic (exact) mass is 399 g/mol. The number of hydrogen-bond donors (Lipinski definition) is 3. The molecule has 0 bridgehead atoms. The summed E-state index contributed by atoms with van der Waals surface area (Å²) >= 11 is 0. The molecule has 2 atom stereocenters. The maximum atomic E-state index is 12.4. The lowest BCUT2D eigenvalue weighted by atomic mass is 10.0. The van der Waals surface area contributed by atoms with Crippen LogP contribution < -0.4 is 20.7 Å². The fourth-order valence-electron chi connectivity index (χ4n) is 2.92. The fourth-order valence-corrected chi connectivity index (χ4v) is 2.92. The van der Waals surface area contributed by atoms with Gasteiger partial charge in [0.2, 0.25) is 0 Å². The van der Waals surface area contributed by atoms with Gasteiger partial charge in [-0.25, -0.2) is 4.79 Å². The predicted octanol–water partition coefficient (Wildman–Crippen LogP) is 3.73. The number of nitrogens with one attached hydrogen (secondary N) is 3. The smallest absolute Gasteiger partial charge is 0.319 e. The number of rotatable bonds is 9. The van der Waals surface area contributed by atoms with Crippen LogP contribution in [-0.4, -0.2) is 38.7 Å². The molecule has 0 saturated heterocycles. The maximum absolute atomic E-state index is 12.4. The van der Waals surface area contributed by atoms with Gasteiger partial charge >= 0.3 is 6.03 Å². The highest BCUT2D eigenvalue weighted by Crippen LogP contribution is 2.23. The minimum absolute atomic E-state index is 0.126. The van der Waals surface area contributed by atoms with Crippen LogP contribution >= 0.6 is 0 Å². The van der Waals surface area contributed by atoms with Crippen molar-refractivity contribution in [1.82, 2.24) is 10.6 Å². The molecule has 2 aromatic carbocycles. The van der Waals surface area contributed by atoms with Crippen molar-refractivity contribution in [2.75, 3.05) is 26.1 Å². The van der Waals surface area contributed by atoms with Gasteiger partial charge in [-0.3, -0.25) is 4.79 Å². The van der Waals surface area contributed by atoms with E-state index in [-0.39, 0.29) is 24.1 Å². The first-order valence-corrected chi connectivity index (χ1v) is 9.61. The van der Waals surface area contributed by atoms with E-state index in [0.717, 1.165) is 17.7 Å². The Kier molecular flexibility index (Phi) is 8.48. The minimum atomic E-state index is -0.351. The van der Waals surface area contributed by atoms with Gasteiger partial charge in [0.05, 0.1) is 13.2 Å². The van der Waals surface area contributed by atoms with E-state index in [2.05, 4.69) is 16.0 Å². The van der Waals surface area contributed by atoms with Crippen molar-refractivity contribution in [3.63, 3.8) is 0 Å². The van der Waals surface area contributed by atoms with Crippen LogP contribution in [0.3, 0.4) is 0 Å². The Morgan fingerprint density at radius 1 is 1.00 bits per heavy atom. The molecule has 0 aromatic heterocycles. The van der Waals surface area contributed by atoms with Gasteiger partial charge in [-0.1, -0.05) is 19.1 Å². The van der Waals surface area contributed by atoms with Gasteiger partial charge in [-0.2, -0.15) is 0 Å².